The third-order valence-corrected chi connectivity index (χ3v) is 5.08. The van der Waals surface area contributed by atoms with Crippen molar-refractivity contribution < 1.29 is 4.39 Å². The van der Waals surface area contributed by atoms with Crippen LogP contribution in [0.15, 0.2) is 22.7 Å². The van der Waals surface area contributed by atoms with Gasteiger partial charge in [0.25, 0.3) is 0 Å². The van der Waals surface area contributed by atoms with Crippen LogP contribution in [0.3, 0.4) is 0 Å². The van der Waals surface area contributed by atoms with Gasteiger partial charge in [0.1, 0.15) is 5.82 Å². The Morgan fingerprint density at radius 3 is 2.85 bits per heavy atom. The molecule has 2 rings (SSSR count). The quantitative estimate of drug-likeness (QED) is 0.750. The highest BCUT2D eigenvalue weighted by atomic mass is 79.9. The first kappa shape index (κ1) is 16.0. The van der Waals surface area contributed by atoms with Gasteiger partial charge in [0, 0.05) is 16.1 Å². The minimum absolute atomic E-state index is 0.0854. The molecule has 0 spiro atoms. The van der Waals surface area contributed by atoms with Gasteiger partial charge in [0.15, 0.2) is 0 Å². The van der Waals surface area contributed by atoms with Crippen molar-refractivity contribution in [3.8, 4) is 0 Å². The van der Waals surface area contributed by atoms with E-state index in [1.54, 1.807) is 12.1 Å². The summed E-state index contributed by atoms with van der Waals surface area (Å²) in [7, 11) is 0. The van der Waals surface area contributed by atoms with Crippen LogP contribution in [0, 0.1) is 17.7 Å². The van der Waals surface area contributed by atoms with Gasteiger partial charge in [-0.25, -0.2) is 4.39 Å². The molecule has 1 aliphatic carbocycles. The molecule has 0 heterocycles. The van der Waals surface area contributed by atoms with Gasteiger partial charge in [-0.2, -0.15) is 0 Å². The van der Waals surface area contributed by atoms with E-state index < -0.39 is 0 Å². The van der Waals surface area contributed by atoms with E-state index >= 15 is 0 Å². The largest absolute Gasteiger partial charge is 0.310 e. The van der Waals surface area contributed by atoms with Crippen molar-refractivity contribution in [2.45, 2.75) is 52.0 Å². The standard InChI is InChI=1S/C17H25BrFN/c1-3-12-6-5-7-13(10-12)17(20-4-2)15-11-14(18)8-9-16(15)19/h8-9,11-13,17,20H,3-7,10H2,1-2H3. The number of nitrogens with one attached hydrogen (secondary N) is 1. The summed E-state index contributed by atoms with van der Waals surface area (Å²) in [6.07, 6.45) is 6.30. The molecule has 112 valence electrons. The lowest BCUT2D eigenvalue weighted by molar-refractivity contribution is 0.208. The topological polar surface area (TPSA) is 12.0 Å². The van der Waals surface area contributed by atoms with Gasteiger partial charge in [-0.15, -0.1) is 0 Å². The minimum Gasteiger partial charge on any atom is -0.310 e. The zero-order chi connectivity index (χ0) is 14.5. The first-order valence-electron chi connectivity index (χ1n) is 7.84. The van der Waals surface area contributed by atoms with Crippen LogP contribution in [0.1, 0.15) is 57.6 Å². The van der Waals surface area contributed by atoms with Crippen LogP contribution >= 0.6 is 15.9 Å². The Bertz CT molecular complexity index is 435. The summed E-state index contributed by atoms with van der Waals surface area (Å²) in [5, 5.41) is 3.52. The number of hydrogen-bond acceptors (Lipinski definition) is 1. The number of halogens is 2. The fourth-order valence-electron chi connectivity index (χ4n) is 3.51. The van der Waals surface area contributed by atoms with Crippen LogP contribution in [-0.2, 0) is 0 Å². The molecule has 1 N–H and O–H groups in total. The van der Waals surface area contributed by atoms with E-state index in [1.165, 1.54) is 32.1 Å². The minimum atomic E-state index is -0.0854. The number of benzene rings is 1. The second-order valence-corrected chi connectivity index (χ2v) is 6.82. The summed E-state index contributed by atoms with van der Waals surface area (Å²) < 4.78 is 15.2. The van der Waals surface area contributed by atoms with Gasteiger partial charge in [0.05, 0.1) is 0 Å². The van der Waals surface area contributed by atoms with E-state index in [-0.39, 0.29) is 11.9 Å². The predicted molar refractivity (Wildman–Crippen MR) is 86.3 cm³/mol. The molecule has 0 saturated heterocycles. The predicted octanol–water partition coefficient (Wildman–Crippen LogP) is 5.46. The van der Waals surface area contributed by atoms with E-state index in [9.17, 15) is 4.39 Å². The zero-order valence-corrected chi connectivity index (χ0v) is 14.0. The Hall–Kier alpha value is -0.410. The summed E-state index contributed by atoms with van der Waals surface area (Å²) >= 11 is 3.47. The second-order valence-electron chi connectivity index (χ2n) is 5.90. The molecule has 1 saturated carbocycles. The highest BCUT2D eigenvalue weighted by Gasteiger charge is 2.29. The van der Waals surface area contributed by atoms with Crippen LogP contribution in [0.2, 0.25) is 0 Å². The molecule has 1 aliphatic rings. The van der Waals surface area contributed by atoms with Crippen molar-refractivity contribution in [3.63, 3.8) is 0 Å². The first-order chi connectivity index (χ1) is 9.65. The number of rotatable bonds is 5. The van der Waals surface area contributed by atoms with Crippen molar-refractivity contribution in [1.82, 2.24) is 5.32 Å². The molecular formula is C17H25BrFN. The Morgan fingerprint density at radius 2 is 2.15 bits per heavy atom. The van der Waals surface area contributed by atoms with Crippen molar-refractivity contribution in [2.24, 2.45) is 11.8 Å². The highest BCUT2D eigenvalue weighted by Crippen LogP contribution is 2.39. The van der Waals surface area contributed by atoms with E-state index in [0.717, 1.165) is 22.5 Å². The van der Waals surface area contributed by atoms with Crippen LogP contribution < -0.4 is 5.32 Å². The summed E-state index contributed by atoms with van der Waals surface area (Å²) in [5.74, 6) is 1.28. The molecule has 3 unspecified atom stereocenters. The van der Waals surface area contributed by atoms with Gasteiger partial charge in [0.2, 0.25) is 0 Å². The lowest BCUT2D eigenvalue weighted by atomic mass is 9.75. The third kappa shape index (κ3) is 3.82. The third-order valence-electron chi connectivity index (χ3n) is 4.59. The zero-order valence-electron chi connectivity index (χ0n) is 12.5. The summed E-state index contributed by atoms with van der Waals surface area (Å²) in [4.78, 5) is 0. The smallest absolute Gasteiger partial charge is 0.128 e. The maximum atomic E-state index is 14.2. The fourth-order valence-corrected chi connectivity index (χ4v) is 3.89. The summed E-state index contributed by atoms with van der Waals surface area (Å²) in [6, 6.07) is 5.44. The SMILES string of the molecule is CCNC(c1cc(Br)ccc1F)C1CCCC(CC)C1. The van der Waals surface area contributed by atoms with Crippen molar-refractivity contribution in [3.05, 3.63) is 34.1 Å². The van der Waals surface area contributed by atoms with Crippen molar-refractivity contribution in [1.29, 1.82) is 0 Å². The lowest BCUT2D eigenvalue weighted by Gasteiger charge is -2.35. The molecule has 0 aliphatic heterocycles. The molecule has 20 heavy (non-hydrogen) atoms. The molecule has 1 nitrogen and oxygen atoms in total. The molecule has 1 fully saturated rings. The molecular weight excluding hydrogens is 317 g/mol. The molecule has 1 aromatic rings. The first-order valence-corrected chi connectivity index (χ1v) is 8.63. The Labute approximate surface area is 130 Å². The Kier molecular flexibility index (Phi) is 6.03. The molecule has 0 amide bonds. The van der Waals surface area contributed by atoms with E-state index in [4.69, 9.17) is 0 Å². The molecule has 1 aromatic carbocycles. The maximum absolute atomic E-state index is 14.2. The Morgan fingerprint density at radius 1 is 1.35 bits per heavy atom. The van der Waals surface area contributed by atoms with Crippen molar-refractivity contribution >= 4 is 15.9 Å². The van der Waals surface area contributed by atoms with Gasteiger partial charge >= 0.3 is 0 Å². The van der Waals surface area contributed by atoms with Gasteiger partial charge < -0.3 is 5.32 Å². The number of hydrogen-bond donors (Lipinski definition) is 1. The monoisotopic (exact) mass is 341 g/mol. The van der Waals surface area contributed by atoms with Gasteiger partial charge in [-0.3, -0.25) is 0 Å². The van der Waals surface area contributed by atoms with E-state index in [2.05, 4.69) is 35.1 Å². The normalized spacial score (nSPS) is 24.6. The molecule has 0 aromatic heterocycles. The molecule has 0 bridgehead atoms. The average molecular weight is 342 g/mol. The highest BCUT2D eigenvalue weighted by molar-refractivity contribution is 9.10. The van der Waals surface area contributed by atoms with Gasteiger partial charge in [-0.1, -0.05) is 49.0 Å². The fraction of sp³-hybridized carbons (Fsp3) is 0.647. The van der Waals surface area contributed by atoms with E-state index in [0.29, 0.717) is 5.92 Å². The summed E-state index contributed by atoms with van der Waals surface area (Å²) in [6.45, 7) is 5.25. The second kappa shape index (κ2) is 7.56. The molecule has 0 radical (unpaired) electrons. The van der Waals surface area contributed by atoms with Crippen LogP contribution in [0.25, 0.3) is 0 Å². The van der Waals surface area contributed by atoms with Crippen molar-refractivity contribution in [2.75, 3.05) is 6.54 Å². The summed E-state index contributed by atoms with van der Waals surface area (Å²) in [5.41, 5.74) is 0.822. The van der Waals surface area contributed by atoms with Crippen LogP contribution in [0.4, 0.5) is 4.39 Å². The van der Waals surface area contributed by atoms with Gasteiger partial charge in [-0.05, 0) is 49.4 Å². The van der Waals surface area contributed by atoms with E-state index in [1.807, 2.05) is 6.07 Å². The lowest BCUT2D eigenvalue weighted by Crippen LogP contribution is -2.32. The Balaban J connectivity index is 2.23. The molecule has 3 heteroatoms. The average Bonchev–Trinajstić information content (AvgIpc) is 2.47. The maximum Gasteiger partial charge on any atom is 0.128 e. The van der Waals surface area contributed by atoms with Crippen LogP contribution in [-0.4, -0.2) is 6.54 Å². The van der Waals surface area contributed by atoms with Crippen LogP contribution in [0.5, 0.6) is 0 Å². The molecule has 3 atom stereocenters.